The molecule has 264 valence electrons. The Morgan fingerprint density at radius 1 is 1.04 bits per heavy atom. The third kappa shape index (κ3) is 11.2. The molecule has 11 nitrogen and oxygen atoms in total. The van der Waals surface area contributed by atoms with Crippen molar-refractivity contribution in [3.05, 3.63) is 77.9 Å². The highest BCUT2D eigenvalue weighted by atomic mass is 16.5. The number of hydrogen-bond acceptors (Lipinski definition) is 8. The van der Waals surface area contributed by atoms with Crippen LogP contribution in [0.4, 0.5) is 17.1 Å². The van der Waals surface area contributed by atoms with Gasteiger partial charge in [-0.15, -0.1) is 0 Å². The summed E-state index contributed by atoms with van der Waals surface area (Å²) in [7, 11) is 3.69. The van der Waals surface area contributed by atoms with Crippen LogP contribution in [-0.2, 0) is 27.3 Å². The number of para-hydroxylation sites is 2. The van der Waals surface area contributed by atoms with Crippen molar-refractivity contribution in [2.75, 3.05) is 50.2 Å². The summed E-state index contributed by atoms with van der Waals surface area (Å²) in [5, 5.41) is 15.7. The molecule has 3 amide bonds. The van der Waals surface area contributed by atoms with E-state index < -0.39 is 0 Å². The maximum absolute atomic E-state index is 13.6. The van der Waals surface area contributed by atoms with Crippen LogP contribution in [0.5, 0.6) is 11.5 Å². The van der Waals surface area contributed by atoms with Crippen LogP contribution in [-0.4, -0.2) is 78.6 Å². The van der Waals surface area contributed by atoms with E-state index in [1.54, 1.807) is 36.3 Å². The molecule has 0 saturated carbocycles. The number of aliphatic hydroxyl groups excluding tert-OH is 1. The fourth-order valence-electron chi connectivity index (χ4n) is 5.93. The van der Waals surface area contributed by atoms with Crippen LogP contribution in [0.3, 0.4) is 0 Å². The van der Waals surface area contributed by atoms with Gasteiger partial charge >= 0.3 is 0 Å². The number of anilines is 3. The Bertz CT molecular complexity index is 1550. The van der Waals surface area contributed by atoms with E-state index in [4.69, 9.17) is 15.2 Å². The van der Waals surface area contributed by atoms with Gasteiger partial charge in [0.25, 0.3) is 0 Å². The lowest BCUT2D eigenvalue weighted by Gasteiger charge is -2.34. The first-order chi connectivity index (χ1) is 23.6. The summed E-state index contributed by atoms with van der Waals surface area (Å²) in [6, 6.07) is 20.2. The quantitative estimate of drug-likeness (QED) is 0.129. The van der Waals surface area contributed by atoms with Gasteiger partial charge in [-0.05, 0) is 74.8 Å². The average molecular weight is 674 g/mol. The molecule has 0 spiro atoms. The monoisotopic (exact) mass is 673 g/mol. The van der Waals surface area contributed by atoms with Crippen molar-refractivity contribution in [1.29, 1.82) is 0 Å². The van der Waals surface area contributed by atoms with Crippen LogP contribution in [0.15, 0.2) is 66.7 Å². The van der Waals surface area contributed by atoms with E-state index >= 15 is 0 Å². The second-order valence-corrected chi connectivity index (χ2v) is 13.0. The highest BCUT2D eigenvalue weighted by molar-refractivity contribution is 5.94. The first-order valence-corrected chi connectivity index (χ1v) is 17.0. The maximum atomic E-state index is 13.6. The van der Waals surface area contributed by atoms with E-state index in [1.165, 1.54) is 0 Å². The molecule has 0 aromatic heterocycles. The molecule has 0 saturated heterocycles. The number of nitrogens with zero attached hydrogens (tertiary/aromatic N) is 2. The molecule has 0 unspecified atom stereocenters. The molecule has 1 aliphatic rings. The fraction of sp³-hybridized carbons (Fsp3) is 0.447. The molecule has 0 aliphatic carbocycles. The second-order valence-electron chi connectivity index (χ2n) is 13.0. The van der Waals surface area contributed by atoms with Crippen LogP contribution in [0, 0.1) is 5.92 Å². The third-order valence-electron chi connectivity index (χ3n) is 8.85. The summed E-state index contributed by atoms with van der Waals surface area (Å²) in [6.45, 7) is 5.54. The molecule has 0 fully saturated rings. The minimum absolute atomic E-state index is 0.0239. The highest BCUT2D eigenvalue weighted by Gasteiger charge is 2.31. The summed E-state index contributed by atoms with van der Waals surface area (Å²) in [5.41, 5.74) is 9.42. The van der Waals surface area contributed by atoms with Crippen LogP contribution in [0.25, 0.3) is 0 Å². The normalized spacial score (nSPS) is 16.9. The highest BCUT2D eigenvalue weighted by Crippen LogP contribution is 2.30. The summed E-state index contributed by atoms with van der Waals surface area (Å²) in [5.74, 6) is 1.04. The van der Waals surface area contributed by atoms with Crippen molar-refractivity contribution >= 4 is 34.8 Å². The molecular weight excluding hydrogens is 622 g/mol. The number of benzene rings is 3. The predicted octanol–water partition coefficient (Wildman–Crippen LogP) is 5.09. The number of likely N-dealkylation sites (N-methyl/N-ethyl adjacent to an activating group) is 1. The van der Waals surface area contributed by atoms with E-state index in [0.29, 0.717) is 73.7 Å². The van der Waals surface area contributed by atoms with Crippen molar-refractivity contribution in [3.8, 4) is 11.5 Å². The summed E-state index contributed by atoms with van der Waals surface area (Å²) >= 11 is 0. The number of fused-ring (bicyclic) bond motifs is 1. The molecule has 3 aromatic carbocycles. The number of rotatable bonds is 15. The minimum Gasteiger partial charge on any atom is -0.497 e. The molecule has 1 heterocycles. The van der Waals surface area contributed by atoms with E-state index in [2.05, 4.69) is 22.5 Å². The van der Waals surface area contributed by atoms with Crippen molar-refractivity contribution < 1.29 is 29.0 Å². The van der Waals surface area contributed by atoms with Gasteiger partial charge in [-0.1, -0.05) is 37.6 Å². The molecule has 0 bridgehead atoms. The molecule has 0 radical (unpaired) electrons. The van der Waals surface area contributed by atoms with E-state index in [1.807, 2.05) is 56.4 Å². The summed E-state index contributed by atoms with van der Waals surface area (Å²) < 4.78 is 11.9. The number of hydrogen-bond donors (Lipinski definition) is 4. The number of aliphatic hydroxyl groups is 1. The Labute approximate surface area is 289 Å². The zero-order valence-electron chi connectivity index (χ0n) is 29.1. The van der Waals surface area contributed by atoms with Crippen LogP contribution in [0.1, 0.15) is 57.1 Å². The van der Waals surface area contributed by atoms with Crippen molar-refractivity contribution in [2.24, 2.45) is 5.92 Å². The Hall–Kier alpha value is -4.61. The first kappa shape index (κ1) is 37.2. The molecule has 1 aliphatic heterocycles. The van der Waals surface area contributed by atoms with Crippen molar-refractivity contribution in [3.63, 3.8) is 0 Å². The van der Waals surface area contributed by atoms with E-state index in [-0.39, 0.29) is 48.8 Å². The number of amides is 3. The van der Waals surface area contributed by atoms with Gasteiger partial charge < -0.3 is 35.8 Å². The molecule has 3 atom stereocenters. The van der Waals surface area contributed by atoms with Gasteiger partial charge in [0.05, 0.1) is 37.6 Å². The van der Waals surface area contributed by atoms with Gasteiger partial charge in [-0.3, -0.25) is 19.3 Å². The van der Waals surface area contributed by atoms with Crippen molar-refractivity contribution in [1.82, 2.24) is 9.80 Å². The van der Waals surface area contributed by atoms with Gasteiger partial charge in [0.1, 0.15) is 17.6 Å². The SMILES string of the molecule is COc1ccc(CN(C)C[C@H]2Oc3ccc(NC(=O)CCCCCC(=O)Nc4ccccc4N)cc3CC(=O)N([C@@H](C)CO)C[C@H]2C)cc1. The zero-order chi connectivity index (χ0) is 35.3. The summed E-state index contributed by atoms with van der Waals surface area (Å²) in [6.07, 6.45) is 2.51. The molecule has 3 aromatic rings. The lowest BCUT2D eigenvalue weighted by atomic mass is 10.0. The molecule has 5 N–H and O–H groups in total. The standard InChI is InChI=1S/C38H51N5O6/c1-26-22-43(27(2)25-44)38(47)21-29-20-30(40-36(45)12-6-5-7-13-37(46)41-33-11-9-8-10-32(33)39)16-19-34(29)49-35(26)24-42(3)23-28-14-17-31(48-4)18-15-28/h8-11,14-20,26-27,35,44H,5-7,12-13,21-25,39H2,1-4H3,(H,40,45)(H,41,46)/t26-,27+,35-/m1/s1. The average Bonchev–Trinajstić information content (AvgIpc) is 3.12. The number of unbranched alkanes of at least 4 members (excludes halogenated alkanes) is 2. The molecule has 11 heteroatoms. The smallest absolute Gasteiger partial charge is 0.227 e. The van der Waals surface area contributed by atoms with Gasteiger partial charge in [0, 0.05) is 49.6 Å². The van der Waals surface area contributed by atoms with Gasteiger partial charge in [0.15, 0.2) is 0 Å². The number of nitrogens with one attached hydrogen (secondary N) is 2. The maximum Gasteiger partial charge on any atom is 0.227 e. The predicted molar refractivity (Wildman–Crippen MR) is 193 cm³/mol. The lowest BCUT2D eigenvalue weighted by Crippen LogP contribution is -2.47. The van der Waals surface area contributed by atoms with E-state index in [9.17, 15) is 19.5 Å². The number of nitrogen functional groups attached to an aromatic ring is 1. The number of ether oxygens (including phenoxy) is 2. The largest absolute Gasteiger partial charge is 0.497 e. The van der Waals surface area contributed by atoms with Crippen molar-refractivity contribution in [2.45, 2.75) is 71.1 Å². The minimum atomic E-state index is -0.348. The Morgan fingerprint density at radius 3 is 2.41 bits per heavy atom. The Kier molecular flexibility index (Phi) is 13.8. The molecular formula is C38H51N5O6. The van der Waals surface area contributed by atoms with Crippen LogP contribution >= 0.6 is 0 Å². The second kappa shape index (κ2) is 18.2. The van der Waals surface area contributed by atoms with Gasteiger partial charge in [-0.2, -0.15) is 0 Å². The summed E-state index contributed by atoms with van der Waals surface area (Å²) in [4.78, 5) is 42.6. The van der Waals surface area contributed by atoms with Crippen LogP contribution < -0.4 is 25.8 Å². The lowest BCUT2D eigenvalue weighted by molar-refractivity contribution is -0.134. The Balaban J connectivity index is 1.36. The third-order valence-corrected chi connectivity index (χ3v) is 8.85. The first-order valence-electron chi connectivity index (χ1n) is 17.0. The number of methoxy groups -OCH3 is 1. The Morgan fingerprint density at radius 2 is 1.73 bits per heavy atom. The van der Waals surface area contributed by atoms with Crippen LogP contribution in [0.2, 0.25) is 0 Å². The number of carbonyl (C=O) groups is 3. The topological polar surface area (TPSA) is 146 Å². The fourth-order valence-corrected chi connectivity index (χ4v) is 5.93. The zero-order valence-corrected chi connectivity index (χ0v) is 29.1. The van der Waals surface area contributed by atoms with Gasteiger partial charge in [0.2, 0.25) is 17.7 Å². The molecule has 49 heavy (non-hydrogen) atoms. The number of carbonyl (C=O) groups excluding carboxylic acids is 3. The number of nitrogens with two attached hydrogens (primary N) is 1. The van der Waals surface area contributed by atoms with Gasteiger partial charge in [-0.25, -0.2) is 0 Å². The van der Waals surface area contributed by atoms with E-state index in [0.717, 1.165) is 17.7 Å². The molecule has 4 rings (SSSR count).